The van der Waals surface area contributed by atoms with Crippen molar-refractivity contribution >= 4 is 11.6 Å². The van der Waals surface area contributed by atoms with Gasteiger partial charge in [-0.1, -0.05) is 0 Å². The number of hydrogen-bond donors (Lipinski definition) is 2. The largest absolute Gasteiger partial charge is 0.435 e. The van der Waals surface area contributed by atoms with Crippen LogP contribution in [0.1, 0.15) is 0 Å². The molecule has 0 spiro atoms. The van der Waals surface area contributed by atoms with Gasteiger partial charge in [0, 0.05) is 31.9 Å². The van der Waals surface area contributed by atoms with Crippen molar-refractivity contribution in [2.24, 2.45) is 0 Å². The van der Waals surface area contributed by atoms with E-state index in [-0.39, 0.29) is 11.7 Å². The zero-order valence-electron chi connectivity index (χ0n) is 10.9. The number of halogens is 2. The van der Waals surface area contributed by atoms with Gasteiger partial charge in [0.15, 0.2) is 0 Å². The number of rotatable bonds is 5. The lowest BCUT2D eigenvalue weighted by Crippen LogP contribution is -2.46. The minimum atomic E-state index is -2.84. The Kier molecular flexibility index (Phi) is 5.25. The Labute approximate surface area is 115 Å². The molecule has 1 fully saturated rings. The van der Waals surface area contributed by atoms with Crippen molar-refractivity contribution < 1.29 is 18.3 Å². The third-order valence-corrected chi connectivity index (χ3v) is 2.94. The maximum Gasteiger partial charge on any atom is 0.387 e. The number of amides is 1. The molecule has 0 aromatic heterocycles. The molecule has 0 saturated carbocycles. The molecular formula is C13H17F2N3O2. The van der Waals surface area contributed by atoms with Gasteiger partial charge in [-0.3, -0.25) is 9.69 Å². The van der Waals surface area contributed by atoms with E-state index in [0.717, 1.165) is 26.2 Å². The maximum atomic E-state index is 12.0. The smallest absolute Gasteiger partial charge is 0.387 e. The summed E-state index contributed by atoms with van der Waals surface area (Å²) < 4.78 is 28.2. The lowest BCUT2D eigenvalue weighted by Gasteiger charge is -2.26. The molecule has 2 N–H and O–H groups in total. The van der Waals surface area contributed by atoms with E-state index < -0.39 is 6.61 Å². The van der Waals surface area contributed by atoms with Crippen LogP contribution in [0.5, 0.6) is 5.75 Å². The number of carbonyl (C=O) groups is 1. The molecule has 1 saturated heterocycles. The first-order valence-corrected chi connectivity index (χ1v) is 6.41. The standard InChI is InChI=1S/C13H17F2N3O2/c14-13(15)20-11-3-1-10(2-4-11)17-12(19)9-18-7-5-16-6-8-18/h1-4,13,16H,5-9H2,(H,17,19). The van der Waals surface area contributed by atoms with Gasteiger partial charge in [-0.05, 0) is 24.3 Å². The summed E-state index contributed by atoms with van der Waals surface area (Å²) in [5.41, 5.74) is 0.562. The van der Waals surface area contributed by atoms with Crippen LogP contribution in [0.3, 0.4) is 0 Å². The fourth-order valence-corrected chi connectivity index (χ4v) is 1.99. The van der Waals surface area contributed by atoms with Crippen LogP contribution in [0, 0.1) is 0 Å². The van der Waals surface area contributed by atoms with E-state index in [1.807, 2.05) is 0 Å². The van der Waals surface area contributed by atoms with E-state index in [1.54, 1.807) is 0 Å². The van der Waals surface area contributed by atoms with Crippen molar-refractivity contribution in [3.05, 3.63) is 24.3 Å². The van der Waals surface area contributed by atoms with Gasteiger partial charge in [0.25, 0.3) is 0 Å². The second kappa shape index (κ2) is 7.16. The van der Waals surface area contributed by atoms with Crippen LogP contribution in [0.25, 0.3) is 0 Å². The molecule has 20 heavy (non-hydrogen) atoms. The molecule has 1 aliphatic rings. The summed E-state index contributed by atoms with van der Waals surface area (Å²) in [5.74, 6) is -0.0467. The predicted molar refractivity (Wildman–Crippen MR) is 71.0 cm³/mol. The van der Waals surface area contributed by atoms with Crippen LogP contribution >= 0.6 is 0 Å². The predicted octanol–water partition coefficient (Wildman–Crippen LogP) is 1.13. The number of anilines is 1. The summed E-state index contributed by atoms with van der Waals surface area (Å²) in [6, 6.07) is 5.86. The average molecular weight is 285 g/mol. The summed E-state index contributed by atoms with van der Waals surface area (Å²) in [5, 5.41) is 5.94. The van der Waals surface area contributed by atoms with E-state index in [1.165, 1.54) is 24.3 Å². The third kappa shape index (κ3) is 4.75. The average Bonchev–Trinajstić information content (AvgIpc) is 2.41. The molecule has 1 aromatic carbocycles. The Balaban J connectivity index is 1.81. The number of alkyl halides is 2. The summed E-state index contributed by atoms with van der Waals surface area (Å²) in [7, 11) is 0. The fourth-order valence-electron chi connectivity index (χ4n) is 1.99. The number of carbonyl (C=O) groups excluding carboxylic acids is 1. The first-order valence-electron chi connectivity index (χ1n) is 6.41. The number of hydrogen-bond acceptors (Lipinski definition) is 4. The van der Waals surface area contributed by atoms with E-state index in [2.05, 4.69) is 20.3 Å². The van der Waals surface area contributed by atoms with Gasteiger partial charge >= 0.3 is 6.61 Å². The number of nitrogens with zero attached hydrogens (tertiary/aromatic N) is 1. The molecule has 0 atom stereocenters. The summed E-state index contributed by atoms with van der Waals surface area (Å²) >= 11 is 0. The van der Waals surface area contributed by atoms with Gasteiger partial charge < -0.3 is 15.4 Å². The van der Waals surface area contributed by atoms with Crippen molar-refractivity contribution in [1.82, 2.24) is 10.2 Å². The van der Waals surface area contributed by atoms with E-state index in [4.69, 9.17) is 0 Å². The molecule has 0 bridgehead atoms. The van der Waals surface area contributed by atoms with E-state index in [9.17, 15) is 13.6 Å². The number of piperazine rings is 1. The van der Waals surface area contributed by atoms with Crippen LogP contribution in [-0.2, 0) is 4.79 Å². The van der Waals surface area contributed by atoms with Crippen LogP contribution in [-0.4, -0.2) is 50.1 Å². The summed E-state index contributed by atoms with van der Waals surface area (Å²) in [4.78, 5) is 13.9. The zero-order chi connectivity index (χ0) is 14.4. The Hall–Kier alpha value is -1.73. The highest BCUT2D eigenvalue weighted by atomic mass is 19.3. The molecule has 110 valence electrons. The van der Waals surface area contributed by atoms with Crippen molar-refractivity contribution in [3.63, 3.8) is 0 Å². The first kappa shape index (κ1) is 14.7. The molecule has 5 nitrogen and oxygen atoms in total. The lowest BCUT2D eigenvalue weighted by molar-refractivity contribution is -0.117. The van der Waals surface area contributed by atoms with Crippen molar-refractivity contribution in [1.29, 1.82) is 0 Å². The van der Waals surface area contributed by atoms with Gasteiger partial charge in [0.2, 0.25) is 5.91 Å². The molecular weight excluding hydrogens is 268 g/mol. The van der Waals surface area contributed by atoms with Crippen LogP contribution in [0.2, 0.25) is 0 Å². The topological polar surface area (TPSA) is 53.6 Å². The molecule has 1 aliphatic heterocycles. The molecule has 0 radical (unpaired) electrons. The van der Waals surface area contributed by atoms with Gasteiger partial charge in [-0.25, -0.2) is 0 Å². The Morgan fingerprint density at radius 3 is 2.55 bits per heavy atom. The van der Waals surface area contributed by atoms with Gasteiger partial charge in [-0.15, -0.1) is 0 Å². The number of benzene rings is 1. The number of nitrogens with one attached hydrogen (secondary N) is 2. The second-order valence-electron chi connectivity index (χ2n) is 4.48. The molecule has 7 heteroatoms. The minimum absolute atomic E-state index is 0.0695. The lowest BCUT2D eigenvalue weighted by atomic mass is 10.3. The monoisotopic (exact) mass is 285 g/mol. The zero-order valence-corrected chi connectivity index (χ0v) is 10.9. The molecule has 0 aliphatic carbocycles. The van der Waals surface area contributed by atoms with Crippen LogP contribution in [0.15, 0.2) is 24.3 Å². The maximum absolute atomic E-state index is 12.0. The highest BCUT2D eigenvalue weighted by molar-refractivity contribution is 5.92. The Morgan fingerprint density at radius 1 is 1.30 bits per heavy atom. The van der Waals surface area contributed by atoms with Crippen LogP contribution < -0.4 is 15.4 Å². The minimum Gasteiger partial charge on any atom is -0.435 e. The van der Waals surface area contributed by atoms with Crippen molar-refractivity contribution in [2.75, 3.05) is 38.0 Å². The molecule has 1 amide bonds. The van der Waals surface area contributed by atoms with E-state index in [0.29, 0.717) is 12.2 Å². The Morgan fingerprint density at radius 2 is 1.95 bits per heavy atom. The molecule has 0 unspecified atom stereocenters. The van der Waals surface area contributed by atoms with Gasteiger partial charge in [-0.2, -0.15) is 8.78 Å². The van der Waals surface area contributed by atoms with Gasteiger partial charge in [0.05, 0.1) is 6.54 Å². The summed E-state index contributed by atoms with van der Waals surface area (Å²) in [6.07, 6.45) is 0. The first-order chi connectivity index (χ1) is 9.63. The number of ether oxygens (including phenoxy) is 1. The van der Waals surface area contributed by atoms with Gasteiger partial charge in [0.1, 0.15) is 5.75 Å². The molecule has 2 rings (SSSR count). The quantitative estimate of drug-likeness (QED) is 0.851. The van der Waals surface area contributed by atoms with Crippen molar-refractivity contribution in [2.45, 2.75) is 6.61 Å². The van der Waals surface area contributed by atoms with E-state index >= 15 is 0 Å². The molecule has 1 aromatic rings. The highest BCUT2D eigenvalue weighted by Crippen LogP contribution is 2.17. The SMILES string of the molecule is O=C(CN1CCNCC1)Nc1ccc(OC(F)F)cc1. The normalized spacial score (nSPS) is 16.1. The van der Waals surface area contributed by atoms with Crippen LogP contribution in [0.4, 0.5) is 14.5 Å². The fraction of sp³-hybridized carbons (Fsp3) is 0.462. The van der Waals surface area contributed by atoms with Crippen molar-refractivity contribution in [3.8, 4) is 5.75 Å². The third-order valence-electron chi connectivity index (χ3n) is 2.94. The highest BCUT2D eigenvalue weighted by Gasteiger charge is 2.13. The second-order valence-corrected chi connectivity index (χ2v) is 4.48. The Bertz CT molecular complexity index is 434. The summed E-state index contributed by atoms with van der Waals surface area (Å²) in [6.45, 7) is 0.934. The molecule has 1 heterocycles.